The van der Waals surface area contributed by atoms with Crippen LogP contribution in [0.5, 0.6) is 5.75 Å². The van der Waals surface area contributed by atoms with Crippen molar-refractivity contribution in [3.8, 4) is 5.75 Å². The van der Waals surface area contributed by atoms with Gasteiger partial charge in [0.1, 0.15) is 12.4 Å². The Morgan fingerprint density at radius 3 is 2.36 bits per heavy atom. The molecule has 2 N–H and O–H groups in total. The molecule has 0 atom stereocenters. The quantitative estimate of drug-likeness (QED) is 0.448. The van der Waals surface area contributed by atoms with Crippen LogP contribution >= 0.6 is 0 Å². The number of guanidine groups is 1. The van der Waals surface area contributed by atoms with E-state index in [9.17, 15) is 8.42 Å². The highest BCUT2D eigenvalue weighted by atomic mass is 32.2. The lowest BCUT2D eigenvalue weighted by atomic mass is 10.2. The summed E-state index contributed by atoms with van der Waals surface area (Å²) < 4.78 is 28.3. The van der Waals surface area contributed by atoms with E-state index in [2.05, 4.69) is 29.5 Å². The van der Waals surface area contributed by atoms with Gasteiger partial charge in [-0.15, -0.1) is 0 Å². The van der Waals surface area contributed by atoms with E-state index in [1.807, 2.05) is 0 Å². The minimum Gasteiger partial charge on any atom is -0.492 e. The molecule has 0 aliphatic heterocycles. The summed E-state index contributed by atoms with van der Waals surface area (Å²) in [6, 6.07) is 6.40. The molecule has 0 saturated heterocycles. The minimum absolute atomic E-state index is 0.288. The van der Waals surface area contributed by atoms with Gasteiger partial charge in [0.05, 0.1) is 11.4 Å². The zero-order chi connectivity index (χ0) is 16.6. The lowest BCUT2D eigenvalue weighted by Gasteiger charge is -2.13. The lowest BCUT2D eigenvalue weighted by molar-refractivity contribution is 0.321. The van der Waals surface area contributed by atoms with Crippen LogP contribution in [0.1, 0.15) is 13.8 Å². The Kier molecular flexibility index (Phi) is 7.17. The molecule has 0 unspecified atom stereocenters. The van der Waals surface area contributed by atoms with Gasteiger partial charge in [0.25, 0.3) is 0 Å². The van der Waals surface area contributed by atoms with Crippen molar-refractivity contribution in [2.45, 2.75) is 18.7 Å². The number of rotatable bonds is 7. The average molecular weight is 327 g/mol. The van der Waals surface area contributed by atoms with Gasteiger partial charge in [-0.3, -0.25) is 4.99 Å². The standard InChI is InChI=1S/C15H25N3O3S/c1-12(2)11-18-15(16-3)17-9-10-21-13-5-7-14(8-6-13)22(4,19)20/h5-8,12H,9-11H2,1-4H3,(H2,16,17,18). The molecule has 1 rings (SSSR count). The number of sulfone groups is 1. The summed E-state index contributed by atoms with van der Waals surface area (Å²) in [6.07, 6.45) is 1.18. The van der Waals surface area contributed by atoms with Gasteiger partial charge in [-0.25, -0.2) is 8.42 Å². The van der Waals surface area contributed by atoms with Crippen molar-refractivity contribution in [1.82, 2.24) is 10.6 Å². The van der Waals surface area contributed by atoms with Crippen LogP contribution < -0.4 is 15.4 Å². The molecule has 22 heavy (non-hydrogen) atoms. The van der Waals surface area contributed by atoms with Crippen LogP contribution in [0.15, 0.2) is 34.2 Å². The second kappa shape index (κ2) is 8.63. The second-order valence-corrected chi connectivity index (χ2v) is 7.38. The van der Waals surface area contributed by atoms with Crippen molar-refractivity contribution in [1.29, 1.82) is 0 Å². The molecule has 0 spiro atoms. The summed E-state index contributed by atoms with van der Waals surface area (Å²) >= 11 is 0. The molecule has 0 aromatic heterocycles. The highest BCUT2D eigenvalue weighted by Gasteiger charge is 2.06. The molecule has 1 aromatic carbocycles. The maximum absolute atomic E-state index is 11.4. The molecular formula is C15H25N3O3S. The third kappa shape index (κ3) is 6.80. The molecule has 0 aliphatic carbocycles. The maximum atomic E-state index is 11.4. The van der Waals surface area contributed by atoms with E-state index in [0.717, 1.165) is 12.5 Å². The summed E-state index contributed by atoms with van der Waals surface area (Å²) in [4.78, 5) is 4.40. The Morgan fingerprint density at radius 2 is 1.86 bits per heavy atom. The summed E-state index contributed by atoms with van der Waals surface area (Å²) in [5, 5.41) is 6.36. The first-order chi connectivity index (χ1) is 10.3. The Bertz CT molecular complexity index is 581. The fourth-order valence-corrected chi connectivity index (χ4v) is 2.27. The van der Waals surface area contributed by atoms with Crippen LogP contribution in [0.25, 0.3) is 0 Å². The third-order valence-electron chi connectivity index (χ3n) is 2.82. The second-order valence-electron chi connectivity index (χ2n) is 5.37. The summed E-state index contributed by atoms with van der Waals surface area (Å²) in [5.74, 6) is 1.92. The fourth-order valence-electron chi connectivity index (χ4n) is 1.64. The number of nitrogens with one attached hydrogen (secondary N) is 2. The molecule has 124 valence electrons. The van der Waals surface area contributed by atoms with Crippen LogP contribution in [0, 0.1) is 5.92 Å². The van der Waals surface area contributed by atoms with Crippen molar-refractivity contribution < 1.29 is 13.2 Å². The monoisotopic (exact) mass is 327 g/mol. The normalized spacial score (nSPS) is 12.3. The fraction of sp³-hybridized carbons (Fsp3) is 0.533. The number of ether oxygens (including phenoxy) is 1. The highest BCUT2D eigenvalue weighted by molar-refractivity contribution is 7.90. The number of nitrogens with zero attached hydrogens (tertiary/aromatic N) is 1. The van der Waals surface area contributed by atoms with Crippen LogP contribution in [-0.2, 0) is 9.84 Å². The summed E-state index contributed by atoms with van der Waals surface area (Å²) in [5.41, 5.74) is 0. The minimum atomic E-state index is -3.16. The predicted molar refractivity (Wildman–Crippen MR) is 89.2 cm³/mol. The van der Waals surface area contributed by atoms with E-state index in [0.29, 0.717) is 24.8 Å². The summed E-state index contributed by atoms with van der Waals surface area (Å²) in [7, 11) is -1.44. The van der Waals surface area contributed by atoms with Crippen molar-refractivity contribution in [2.75, 3.05) is 33.0 Å². The molecule has 0 amide bonds. The predicted octanol–water partition coefficient (Wildman–Crippen LogP) is 1.29. The van der Waals surface area contributed by atoms with Crippen molar-refractivity contribution in [3.63, 3.8) is 0 Å². The van der Waals surface area contributed by atoms with Gasteiger partial charge >= 0.3 is 0 Å². The molecule has 0 radical (unpaired) electrons. The molecule has 6 nitrogen and oxygen atoms in total. The Hall–Kier alpha value is -1.76. The van der Waals surface area contributed by atoms with E-state index in [4.69, 9.17) is 4.74 Å². The van der Waals surface area contributed by atoms with E-state index in [1.165, 1.54) is 6.26 Å². The zero-order valence-electron chi connectivity index (χ0n) is 13.6. The van der Waals surface area contributed by atoms with E-state index < -0.39 is 9.84 Å². The van der Waals surface area contributed by atoms with Crippen molar-refractivity contribution in [3.05, 3.63) is 24.3 Å². The molecule has 0 aliphatic rings. The van der Waals surface area contributed by atoms with E-state index in [1.54, 1.807) is 31.3 Å². The molecule has 0 bridgehead atoms. The molecular weight excluding hydrogens is 302 g/mol. The van der Waals surface area contributed by atoms with Gasteiger partial charge in [0.2, 0.25) is 0 Å². The zero-order valence-corrected chi connectivity index (χ0v) is 14.4. The highest BCUT2D eigenvalue weighted by Crippen LogP contribution is 2.15. The lowest BCUT2D eigenvalue weighted by Crippen LogP contribution is -2.40. The topological polar surface area (TPSA) is 79.8 Å². The Labute approximate surface area is 132 Å². The SMILES string of the molecule is CN=C(NCCOc1ccc(S(C)(=O)=O)cc1)NCC(C)C. The van der Waals surface area contributed by atoms with Crippen LogP contribution in [0.3, 0.4) is 0 Å². The first-order valence-corrected chi connectivity index (χ1v) is 9.09. The van der Waals surface area contributed by atoms with Gasteiger partial charge in [-0.2, -0.15) is 0 Å². The van der Waals surface area contributed by atoms with Gasteiger partial charge in [-0.05, 0) is 30.2 Å². The number of hydrogen-bond acceptors (Lipinski definition) is 4. The third-order valence-corrected chi connectivity index (χ3v) is 3.94. The molecule has 7 heteroatoms. The number of hydrogen-bond donors (Lipinski definition) is 2. The first kappa shape index (κ1) is 18.3. The molecule has 0 fully saturated rings. The smallest absolute Gasteiger partial charge is 0.191 e. The average Bonchev–Trinajstić information content (AvgIpc) is 2.46. The first-order valence-electron chi connectivity index (χ1n) is 7.20. The van der Waals surface area contributed by atoms with Gasteiger partial charge < -0.3 is 15.4 Å². The van der Waals surface area contributed by atoms with Gasteiger partial charge in [-0.1, -0.05) is 13.8 Å². The van der Waals surface area contributed by atoms with Crippen molar-refractivity contribution in [2.24, 2.45) is 10.9 Å². The number of aliphatic imine (C=N–C) groups is 1. The van der Waals surface area contributed by atoms with Gasteiger partial charge in [0.15, 0.2) is 15.8 Å². The van der Waals surface area contributed by atoms with Crippen molar-refractivity contribution >= 4 is 15.8 Å². The number of benzene rings is 1. The summed E-state index contributed by atoms with van der Waals surface area (Å²) in [6.45, 7) is 6.17. The van der Waals surface area contributed by atoms with Crippen LogP contribution in [-0.4, -0.2) is 47.4 Å². The van der Waals surface area contributed by atoms with Crippen LogP contribution in [0.2, 0.25) is 0 Å². The Balaban J connectivity index is 2.35. The Morgan fingerprint density at radius 1 is 1.23 bits per heavy atom. The van der Waals surface area contributed by atoms with E-state index in [-0.39, 0.29) is 4.90 Å². The van der Waals surface area contributed by atoms with Crippen LogP contribution in [0.4, 0.5) is 0 Å². The molecule has 0 saturated carbocycles. The van der Waals surface area contributed by atoms with E-state index >= 15 is 0 Å². The van der Waals surface area contributed by atoms with Gasteiger partial charge in [0, 0.05) is 19.8 Å². The molecule has 1 aromatic rings. The largest absolute Gasteiger partial charge is 0.492 e. The molecule has 0 heterocycles. The maximum Gasteiger partial charge on any atom is 0.191 e.